The van der Waals surface area contributed by atoms with Crippen molar-refractivity contribution >= 4 is 39.9 Å². The van der Waals surface area contributed by atoms with Crippen LogP contribution in [0, 0.1) is 19.7 Å². The highest BCUT2D eigenvalue weighted by molar-refractivity contribution is 7.81. The third-order valence-corrected chi connectivity index (χ3v) is 7.48. The summed E-state index contributed by atoms with van der Waals surface area (Å²) in [5.74, 6) is 0.00554. The summed E-state index contributed by atoms with van der Waals surface area (Å²) in [5, 5.41) is 10.6. The van der Waals surface area contributed by atoms with E-state index in [0.29, 0.717) is 30.0 Å². The Morgan fingerprint density at radius 2 is 2.06 bits per heavy atom. The molecule has 35 heavy (non-hydrogen) atoms. The quantitative estimate of drug-likeness (QED) is 0.433. The number of rotatable bonds is 8. The Morgan fingerprint density at radius 1 is 1.26 bits per heavy atom. The van der Waals surface area contributed by atoms with Crippen molar-refractivity contribution in [1.29, 1.82) is 0 Å². The van der Waals surface area contributed by atoms with Crippen molar-refractivity contribution in [3.63, 3.8) is 0 Å². The third-order valence-electron chi connectivity index (χ3n) is 6.11. The minimum atomic E-state index is -1.02. The lowest BCUT2D eigenvalue weighted by molar-refractivity contribution is -0.116. The topological polar surface area (TPSA) is 87.5 Å². The number of halogens is 2. The maximum Gasteiger partial charge on any atom is 0.224 e. The van der Waals surface area contributed by atoms with Crippen LogP contribution in [0.15, 0.2) is 40.9 Å². The molecule has 0 aliphatic carbocycles. The highest BCUT2D eigenvalue weighted by atomic mass is 35.5. The van der Waals surface area contributed by atoms with Gasteiger partial charge >= 0.3 is 0 Å². The average Bonchev–Trinajstić information content (AvgIpc) is 3.42. The van der Waals surface area contributed by atoms with Crippen molar-refractivity contribution in [1.82, 2.24) is 9.46 Å². The Bertz CT molecular complexity index is 1250. The molecule has 1 fully saturated rings. The first-order valence-corrected chi connectivity index (χ1v) is 13.3. The standard InChI is InChI=1S/C25H28ClFN4O3S/c1-15-25(16(2)34-30-15)18-6-8-22(28-19-10-11-31(14-19)35(3)33)23(13-18)29-24(32)9-5-17-4-7-20(26)21(27)12-17/h4,6-8,12-13,19,28H,5,9-11,14H2,1-3H3,(H,29,32). The van der Waals surface area contributed by atoms with Gasteiger partial charge in [0.15, 0.2) is 0 Å². The largest absolute Gasteiger partial charge is 0.379 e. The fourth-order valence-electron chi connectivity index (χ4n) is 4.29. The van der Waals surface area contributed by atoms with E-state index < -0.39 is 16.8 Å². The number of carbonyl (C=O) groups excluding carboxylic acids is 1. The number of nitrogens with one attached hydrogen (secondary N) is 2. The van der Waals surface area contributed by atoms with Gasteiger partial charge in [-0.05, 0) is 62.1 Å². The Balaban J connectivity index is 1.54. The maximum atomic E-state index is 13.7. The van der Waals surface area contributed by atoms with Gasteiger partial charge in [0, 0.05) is 37.4 Å². The van der Waals surface area contributed by atoms with Crippen molar-refractivity contribution in [3.05, 3.63) is 64.3 Å². The summed E-state index contributed by atoms with van der Waals surface area (Å²) in [6.45, 7) is 5.13. The van der Waals surface area contributed by atoms with E-state index in [2.05, 4.69) is 15.8 Å². The van der Waals surface area contributed by atoms with Gasteiger partial charge in [0.1, 0.15) is 11.6 Å². The smallest absolute Gasteiger partial charge is 0.224 e. The second kappa shape index (κ2) is 10.9. The summed E-state index contributed by atoms with van der Waals surface area (Å²) in [4.78, 5) is 12.9. The van der Waals surface area contributed by atoms with Crippen LogP contribution in [-0.2, 0) is 22.2 Å². The zero-order valence-corrected chi connectivity index (χ0v) is 21.4. The van der Waals surface area contributed by atoms with Crippen LogP contribution in [-0.4, -0.2) is 45.0 Å². The van der Waals surface area contributed by atoms with Gasteiger partial charge in [0.2, 0.25) is 5.91 Å². The summed E-state index contributed by atoms with van der Waals surface area (Å²) < 4.78 is 32.8. The van der Waals surface area contributed by atoms with Crippen molar-refractivity contribution in [3.8, 4) is 11.1 Å². The predicted molar refractivity (Wildman–Crippen MR) is 137 cm³/mol. The molecule has 0 saturated carbocycles. The van der Waals surface area contributed by atoms with E-state index in [1.165, 1.54) is 12.1 Å². The molecule has 0 radical (unpaired) electrons. The number of carbonyl (C=O) groups is 1. The number of hydrogen-bond acceptors (Lipinski definition) is 5. The molecule has 1 saturated heterocycles. The van der Waals surface area contributed by atoms with Crippen molar-refractivity contribution in [2.24, 2.45) is 0 Å². The fraction of sp³-hybridized carbons (Fsp3) is 0.360. The molecule has 7 nitrogen and oxygen atoms in total. The molecular formula is C25H28ClFN4O3S. The van der Waals surface area contributed by atoms with E-state index in [1.807, 2.05) is 36.4 Å². The molecule has 1 aromatic heterocycles. The molecule has 2 aromatic carbocycles. The van der Waals surface area contributed by atoms with Crippen LogP contribution in [0.3, 0.4) is 0 Å². The number of nitrogens with zero attached hydrogens (tertiary/aromatic N) is 2. The van der Waals surface area contributed by atoms with Crippen LogP contribution in [0.25, 0.3) is 11.1 Å². The Labute approximate surface area is 211 Å². The lowest BCUT2D eigenvalue weighted by atomic mass is 10.0. The SMILES string of the molecule is Cc1noc(C)c1-c1ccc(NC2CCN(S(C)=O)C2)c(NC(=O)CCc2ccc(Cl)c(F)c2)c1. The number of amides is 1. The number of benzene rings is 2. The molecular weight excluding hydrogens is 491 g/mol. The number of aromatic nitrogens is 1. The van der Waals surface area contributed by atoms with Gasteiger partial charge in [-0.25, -0.2) is 12.9 Å². The fourth-order valence-corrected chi connectivity index (χ4v) is 5.16. The molecule has 2 N–H and O–H groups in total. The molecule has 1 amide bonds. The van der Waals surface area contributed by atoms with Crippen molar-refractivity contribution in [2.75, 3.05) is 30.0 Å². The van der Waals surface area contributed by atoms with Gasteiger partial charge in [0.25, 0.3) is 0 Å². The van der Waals surface area contributed by atoms with Gasteiger partial charge in [-0.1, -0.05) is 28.9 Å². The minimum absolute atomic E-state index is 0.0578. The first-order valence-electron chi connectivity index (χ1n) is 11.4. The molecule has 2 heterocycles. The Kier molecular flexibility index (Phi) is 7.88. The summed E-state index contributed by atoms with van der Waals surface area (Å²) >= 11 is 5.75. The van der Waals surface area contributed by atoms with E-state index in [0.717, 1.165) is 35.5 Å². The lowest BCUT2D eigenvalue weighted by Crippen LogP contribution is -2.27. The second-order valence-corrected chi connectivity index (χ2v) is 10.5. The molecule has 10 heteroatoms. The zero-order chi connectivity index (χ0) is 25.1. The van der Waals surface area contributed by atoms with Gasteiger partial charge < -0.3 is 15.2 Å². The number of hydrogen-bond donors (Lipinski definition) is 2. The third kappa shape index (κ3) is 6.09. The summed E-state index contributed by atoms with van der Waals surface area (Å²) in [6, 6.07) is 10.5. The zero-order valence-electron chi connectivity index (χ0n) is 19.9. The van der Waals surface area contributed by atoms with E-state index in [1.54, 1.807) is 12.3 Å². The van der Waals surface area contributed by atoms with Crippen molar-refractivity contribution < 1.29 is 17.9 Å². The van der Waals surface area contributed by atoms with E-state index >= 15 is 0 Å². The predicted octanol–water partition coefficient (Wildman–Crippen LogP) is 5.10. The normalized spacial score (nSPS) is 16.9. The van der Waals surface area contributed by atoms with Gasteiger partial charge in [-0.2, -0.15) is 0 Å². The van der Waals surface area contributed by atoms with Gasteiger partial charge in [-0.3, -0.25) is 4.79 Å². The molecule has 0 spiro atoms. The second-order valence-electron chi connectivity index (χ2n) is 8.70. The van der Waals surface area contributed by atoms with Crippen LogP contribution in [0.4, 0.5) is 15.8 Å². The van der Waals surface area contributed by atoms with Crippen LogP contribution < -0.4 is 10.6 Å². The number of aryl methyl sites for hydroxylation is 3. The molecule has 1 aliphatic rings. The molecule has 4 rings (SSSR count). The Morgan fingerprint density at radius 3 is 2.71 bits per heavy atom. The monoisotopic (exact) mass is 518 g/mol. The molecule has 186 valence electrons. The van der Waals surface area contributed by atoms with E-state index in [-0.39, 0.29) is 23.4 Å². The van der Waals surface area contributed by atoms with E-state index in [4.69, 9.17) is 16.1 Å². The number of anilines is 2. The molecule has 3 aromatic rings. The summed E-state index contributed by atoms with van der Waals surface area (Å²) in [5.41, 5.74) is 4.64. The lowest BCUT2D eigenvalue weighted by Gasteiger charge is -2.19. The minimum Gasteiger partial charge on any atom is -0.379 e. The molecule has 2 unspecified atom stereocenters. The van der Waals surface area contributed by atoms with Gasteiger partial charge in [-0.15, -0.1) is 0 Å². The molecule has 2 atom stereocenters. The van der Waals surface area contributed by atoms with Gasteiger partial charge in [0.05, 0.1) is 33.1 Å². The summed E-state index contributed by atoms with van der Waals surface area (Å²) in [6.07, 6.45) is 3.09. The van der Waals surface area contributed by atoms with Crippen LogP contribution in [0.2, 0.25) is 5.02 Å². The first-order chi connectivity index (χ1) is 16.7. The average molecular weight is 519 g/mol. The van der Waals surface area contributed by atoms with Crippen LogP contribution in [0.5, 0.6) is 0 Å². The highest BCUT2D eigenvalue weighted by Crippen LogP contribution is 2.34. The van der Waals surface area contributed by atoms with E-state index in [9.17, 15) is 13.4 Å². The molecule has 1 aliphatic heterocycles. The molecule has 0 bridgehead atoms. The highest BCUT2D eigenvalue weighted by Gasteiger charge is 2.25. The summed E-state index contributed by atoms with van der Waals surface area (Å²) in [7, 11) is -1.02. The first kappa shape index (κ1) is 25.3. The Hall–Kier alpha value is -2.75. The van der Waals surface area contributed by atoms with Crippen LogP contribution >= 0.6 is 11.6 Å². The maximum absolute atomic E-state index is 13.7. The van der Waals surface area contributed by atoms with Crippen molar-refractivity contribution in [2.45, 2.75) is 39.2 Å². The van der Waals surface area contributed by atoms with Crippen LogP contribution in [0.1, 0.15) is 29.9 Å².